The van der Waals surface area contributed by atoms with E-state index in [4.69, 9.17) is 25.9 Å². The van der Waals surface area contributed by atoms with Crippen molar-refractivity contribution in [2.45, 2.75) is 56.5 Å². The van der Waals surface area contributed by atoms with Gasteiger partial charge < -0.3 is 13.6 Å². The van der Waals surface area contributed by atoms with Crippen molar-refractivity contribution in [2.75, 3.05) is 45.8 Å². The number of fused-ring (bicyclic) bond motifs is 3. The van der Waals surface area contributed by atoms with Crippen LogP contribution in [0.3, 0.4) is 0 Å². The van der Waals surface area contributed by atoms with Gasteiger partial charge in [0.25, 0.3) is 0 Å². The van der Waals surface area contributed by atoms with Crippen molar-refractivity contribution in [1.82, 2.24) is 0 Å². The summed E-state index contributed by atoms with van der Waals surface area (Å²) in [7, 11) is -12.2. The number of rotatable bonds is 7. The smallest absolute Gasteiger partial charge is 0.485 e. The second-order valence-electron chi connectivity index (χ2n) is 8.00. The highest BCUT2D eigenvalue weighted by molar-refractivity contribution is 7.86. The molecule has 0 N–H and O–H groups in total. The van der Waals surface area contributed by atoms with E-state index in [-0.39, 0.29) is 4.71 Å². The van der Waals surface area contributed by atoms with Crippen LogP contribution in [0.5, 0.6) is 0 Å². The van der Waals surface area contributed by atoms with Crippen LogP contribution in [0.2, 0.25) is 0 Å². The summed E-state index contributed by atoms with van der Waals surface area (Å²) in [6.45, 7) is 9.16. The van der Waals surface area contributed by atoms with Crippen molar-refractivity contribution < 1.29 is 66.0 Å². The Kier molecular flexibility index (Phi) is 12.0. The van der Waals surface area contributed by atoms with Gasteiger partial charge >= 0.3 is 11.0 Å². The highest BCUT2D eigenvalue weighted by atomic mass is 32.2. The van der Waals surface area contributed by atoms with E-state index in [9.17, 15) is 30.8 Å². The molecule has 3 fully saturated rings. The Hall–Kier alpha value is -0.750. The van der Waals surface area contributed by atoms with Gasteiger partial charge in [0.2, 0.25) is 0 Å². The Labute approximate surface area is 189 Å². The Morgan fingerprint density at radius 1 is 0.667 bits per heavy atom. The van der Waals surface area contributed by atoms with Crippen LogP contribution < -0.4 is 0 Å². The molecule has 0 aliphatic carbocycles. The fraction of sp³-hybridized carbons (Fsp3) is 1.00. The van der Waals surface area contributed by atoms with Gasteiger partial charge in [-0.3, -0.25) is 0 Å². The van der Waals surface area contributed by atoms with Gasteiger partial charge in [-0.25, -0.2) is 16.8 Å². The third-order valence-electron chi connectivity index (χ3n) is 5.48. The lowest BCUT2D eigenvalue weighted by atomic mass is 10.1. The van der Waals surface area contributed by atoms with E-state index in [0.29, 0.717) is 0 Å². The quantitative estimate of drug-likeness (QED) is 0.122. The SMILES string of the molecule is CCCCCCCC[N+]12CC[N+](F)(CC1)CC2.O=S(=O)([O-])C(F)(F)F.O=S(=O)([O-])C(F)(F)F. The van der Waals surface area contributed by atoms with Crippen LogP contribution in [-0.2, 0) is 20.2 Å². The van der Waals surface area contributed by atoms with Gasteiger partial charge in [-0.05, 0) is 17.3 Å². The van der Waals surface area contributed by atoms with E-state index in [1.165, 1.54) is 49.6 Å². The molecule has 0 aromatic rings. The van der Waals surface area contributed by atoms with Crippen LogP contribution in [0, 0.1) is 0 Å². The minimum absolute atomic E-state index is 0.128. The third kappa shape index (κ3) is 12.0. The normalized spacial score (nSPS) is 25.5. The van der Waals surface area contributed by atoms with E-state index < -0.39 is 31.3 Å². The van der Waals surface area contributed by atoms with Gasteiger partial charge in [0, 0.05) is 0 Å². The van der Waals surface area contributed by atoms with Crippen molar-refractivity contribution in [3.8, 4) is 0 Å². The second kappa shape index (κ2) is 12.3. The standard InChI is InChI=1S/C14H29FN2.2CHF3O3S/c1-2-3-4-5-6-7-8-16-9-12-17(15,13-10-16)14-11-16;2*2-1(3,4)8(5,6)7/h2-14H2,1H3;2*(H,5,6,7)/q+2;;/p-2. The summed E-state index contributed by atoms with van der Waals surface area (Å²) >= 11 is 0. The molecule has 3 saturated heterocycles. The Morgan fingerprint density at radius 2 is 0.970 bits per heavy atom. The molecular weight excluding hydrogens is 513 g/mol. The van der Waals surface area contributed by atoms with Crippen LogP contribution in [0.4, 0.5) is 30.8 Å². The van der Waals surface area contributed by atoms with Gasteiger partial charge in [0.1, 0.15) is 19.6 Å². The average Bonchev–Trinajstić information content (AvgIpc) is 2.64. The van der Waals surface area contributed by atoms with Crippen LogP contribution in [0.25, 0.3) is 0 Å². The van der Waals surface area contributed by atoms with Gasteiger partial charge in [0.15, 0.2) is 39.9 Å². The molecule has 0 radical (unpaired) electrons. The molecule has 0 saturated carbocycles. The molecular formula is C16H29F7N2O6S2. The van der Waals surface area contributed by atoms with Crippen molar-refractivity contribution in [1.29, 1.82) is 0 Å². The maximum Gasteiger partial charge on any atom is 0.485 e. The first-order valence-electron chi connectivity index (χ1n) is 10.1. The molecule has 0 unspecified atom stereocenters. The molecule has 0 amide bonds. The molecule has 3 aliphatic heterocycles. The minimum atomic E-state index is -6.09. The van der Waals surface area contributed by atoms with Crippen molar-refractivity contribution >= 4 is 20.2 Å². The number of alkyl halides is 6. The maximum atomic E-state index is 14.0. The molecule has 33 heavy (non-hydrogen) atoms. The number of hydrogen-bond donors (Lipinski definition) is 0. The number of unbranched alkanes of at least 4 members (excludes halogenated alkanes) is 5. The zero-order valence-corrected chi connectivity index (χ0v) is 19.6. The summed E-state index contributed by atoms with van der Waals surface area (Å²) in [5, 5.41) is 0. The predicted molar refractivity (Wildman–Crippen MR) is 101 cm³/mol. The van der Waals surface area contributed by atoms with Gasteiger partial charge in [0.05, 0.1) is 6.54 Å². The lowest BCUT2D eigenvalue weighted by molar-refractivity contribution is -1.15. The fourth-order valence-corrected chi connectivity index (χ4v) is 3.41. The van der Waals surface area contributed by atoms with Crippen molar-refractivity contribution in [3.05, 3.63) is 0 Å². The van der Waals surface area contributed by atoms with Gasteiger partial charge in [-0.15, -0.1) is 4.71 Å². The van der Waals surface area contributed by atoms with Crippen molar-refractivity contribution in [3.63, 3.8) is 0 Å². The van der Waals surface area contributed by atoms with E-state index in [2.05, 4.69) is 6.92 Å². The molecule has 3 aliphatic rings. The Balaban J connectivity index is 0.000000539. The highest BCUT2D eigenvalue weighted by Gasteiger charge is 2.50. The summed E-state index contributed by atoms with van der Waals surface area (Å²) in [5.41, 5.74) is -11.3. The Morgan fingerprint density at radius 3 is 1.27 bits per heavy atom. The summed E-state index contributed by atoms with van der Waals surface area (Å²) in [6.07, 6.45) is 8.27. The van der Waals surface area contributed by atoms with E-state index in [1.54, 1.807) is 0 Å². The molecule has 17 heteroatoms. The molecule has 0 aromatic carbocycles. The highest BCUT2D eigenvalue weighted by Crippen LogP contribution is 2.27. The zero-order chi connectivity index (χ0) is 26.2. The molecule has 3 rings (SSSR count). The lowest BCUT2D eigenvalue weighted by Gasteiger charge is -2.50. The van der Waals surface area contributed by atoms with Crippen LogP contribution in [0.1, 0.15) is 45.4 Å². The summed E-state index contributed by atoms with van der Waals surface area (Å²) < 4.78 is 133. The average molecular weight is 543 g/mol. The van der Waals surface area contributed by atoms with E-state index >= 15 is 0 Å². The first kappa shape index (κ1) is 32.2. The molecule has 0 aromatic heterocycles. The van der Waals surface area contributed by atoms with E-state index in [0.717, 1.165) is 39.3 Å². The number of halogens is 7. The second-order valence-corrected chi connectivity index (χ2v) is 10.7. The number of piperazine rings is 3. The molecule has 2 bridgehead atoms. The monoisotopic (exact) mass is 542 g/mol. The molecule has 8 nitrogen and oxygen atoms in total. The predicted octanol–water partition coefficient (Wildman–Crippen LogP) is 3.00. The topological polar surface area (TPSA) is 114 Å². The first-order valence-corrected chi connectivity index (χ1v) is 12.9. The minimum Gasteiger partial charge on any atom is -0.741 e. The van der Waals surface area contributed by atoms with Crippen LogP contribution in [0.15, 0.2) is 0 Å². The van der Waals surface area contributed by atoms with Gasteiger partial charge in [-0.2, -0.15) is 26.3 Å². The Bertz CT molecular complexity index is 735. The molecule has 0 atom stereocenters. The zero-order valence-electron chi connectivity index (χ0n) is 18.0. The number of nitrogens with zero attached hydrogens (tertiary/aromatic N) is 2. The summed E-state index contributed by atoms with van der Waals surface area (Å²) in [6, 6.07) is 0. The van der Waals surface area contributed by atoms with E-state index in [1.807, 2.05) is 0 Å². The third-order valence-corrected chi connectivity index (χ3v) is 6.61. The fourth-order valence-electron chi connectivity index (χ4n) is 3.41. The maximum absolute atomic E-state index is 14.0. The summed E-state index contributed by atoms with van der Waals surface area (Å²) in [5.74, 6) is 0. The molecule has 0 spiro atoms. The van der Waals surface area contributed by atoms with Crippen molar-refractivity contribution in [2.24, 2.45) is 0 Å². The van der Waals surface area contributed by atoms with Crippen LogP contribution >= 0.6 is 0 Å². The molecule has 200 valence electrons. The largest absolute Gasteiger partial charge is 0.741 e. The molecule has 3 heterocycles. The number of quaternary nitrogens is 2. The lowest BCUT2D eigenvalue weighted by Crippen LogP contribution is -2.72. The first-order chi connectivity index (χ1) is 14.7. The van der Waals surface area contributed by atoms with Crippen LogP contribution in [-0.4, -0.2) is 92.0 Å². The van der Waals surface area contributed by atoms with Gasteiger partial charge in [-0.1, -0.05) is 32.6 Å². The summed E-state index contributed by atoms with van der Waals surface area (Å²) in [4.78, 5) is 0. The number of hydrogen-bond acceptors (Lipinski definition) is 6.